The van der Waals surface area contributed by atoms with Crippen molar-refractivity contribution in [2.24, 2.45) is 5.10 Å². The maximum Gasteiger partial charge on any atom is 0.438 e. The van der Waals surface area contributed by atoms with Crippen molar-refractivity contribution in [3.8, 4) is 0 Å². The maximum atomic E-state index is 12.9. The number of unbranched alkanes of at least 4 members (excludes halogenated alkanes) is 1. The second-order valence-corrected chi connectivity index (χ2v) is 4.32. The molecule has 0 fully saturated rings. The summed E-state index contributed by atoms with van der Waals surface area (Å²) in [7, 11) is 0. The second kappa shape index (κ2) is 5.26. The molecule has 4 nitrogen and oxygen atoms in total. The van der Waals surface area contributed by atoms with Crippen LogP contribution in [0.4, 0.5) is 13.2 Å². The molecule has 1 N–H and O–H groups in total. The number of amides is 1. The van der Waals surface area contributed by atoms with Crippen LogP contribution in [0.2, 0.25) is 0 Å². The van der Waals surface area contributed by atoms with Crippen molar-refractivity contribution in [2.75, 3.05) is 0 Å². The number of hydrogen-bond acceptors (Lipinski definition) is 3. The number of carbonyl (C=O) groups excluding carboxylic acids is 1. The SMILES string of the molecule is CCCCC1=NN(C(=O)CC)[C@@](O)(C(F)(F)F)C1. The molecular formula is C11H17F3N2O2. The van der Waals surface area contributed by atoms with Gasteiger partial charge in [-0.25, -0.2) is 0 Å². The Morgan fingerprint density at radius 1 is 1.50 bits per heavy atom. The van der Waals surface area contributed by atoms with Crippen LogP contribution in [0.3, 0.4) is 0 Å². The molecule has 0 aliphatic carbocycles. The van der Waals surface area contributed by atoms with Crippen molar-refractivity contribution in [2.45, 2.75) is 57.9 Å². The lowest BCUT2D eigenvalue weighted by Crippen LogP contribution is -2.56. The van der Waals surface area contributed by atoms with Crippen molar-refractivity contribution in [1.82, 2.24) is 5.01 Å². The first kappa shape index (κ1) is 14.9. The normalized spacial score (nSPS) is 24.3. The third kappa shape index (κ3) is 2.66. The highest BCUT2D eigenvalue weighted by Gasteiger charge is 2.62. The molecule has 0 saturated carbocycles. The number of hydrogen-bond donors (Lipinski definition) is 1. The first-order chi connectivity index (χ1) is 8.26. The van der Waals surface area contributed by atoms with Gasteiger partial charge in [-0.3, -0.25) is 4.79 Å². The van der Waals surface area contributed by atoms with Crippen LogP contribution in [0, 0.1) is 0 Å². The standard InChI is InChI=1S/C11H17F3N2O2/c1-3-5-6-8-7-10(18,11(12,13)14)16(15-8)9(17)4-2/h18H,3-7H2,1-2H3/t10-/m0/s1. The second-order valence-electron chi connectivity index (χ2n) is 4.32. The number of rotatable bonds is 4. The van der Waals surface area contributed by atoms with Gasteiger partial charge in [0.15, 0.2) is 0 Å². The van der Waals surface area contributed by atoms with E-state index in [9.17, 15) is 23.1 Å². The van der Waals surface area contributed by atoms with E-state index in [1.807, 2.05) is 6.92 Å². The van der Waals surface area contributed by atoms with E-state index in [-0.39, 0.29) is 17.1 Å². The van der Waals surface area contributed by atoms with Crippen LogP contribution in [-0.4, -0.2) is 33.6 Å². The molecule has 0 radical (unpaired) electrons. The summed E-state index contributed by atoms with van der Waals surface area (Å²) in [5, 5.41) is 13.6. The van der Waals surface area contributed by atoms with Crippen molar-refractivity contribution in [1.29, 1.82) is 0 Å². The summed E-state index contributed by atoms with van der Waals surface area (Å²) in [5.41, 5.74) is -2.96. The summed E-state index contributed by atoms with van der Waals surface area (Å²) in [6.07, 6.45) is -3.84. The average molecular weight is 266 g/mol. The van der Waals surface area contributed by atoms with Crippen LogP contribution >= 0.6 is 0 Å². The van der Waals surface area contributed by atoms with E-state index >= 15 is 0 Å². The lowest BCUT2D eigenvalue weighted by molar-refractivity contribution is -0.302. The van der Waals surface area contributed by atoms with Gasteiger partial charge in [0, 0.05) is 18.6 Å². The Balaban J connectivity index is 2.97. The van der Waals surface area contributed by atoms with Crippen LogP contribution in [0.5, 0.6) is 0 Å². The molecule has 0 aromatic heterocycles. The van der Waals surface area contributed by atoms with Gasteiger partial charge in [-0.15, -0.1) is 0 Å². The molecule has 1 atom stereocenters. The lowest BCUT2D eigenvalue weighted by atomic mass is 10.0. The monoisotopic (exact) mass is 266 g/mol. The Kier molecular flexibility index (Phi) is 4.37. The Hall–Kier alpha value is -1.11. The first-order valence-corrected chi connectivity index (χ1v) is 5.94. The van der Waals surface area contributed by atoms with Crippen molar-refractivity contribution in [3.63, 3.8) is 0 Å². The zero-order chi connectivity index (χ0) is 14.0. The number of nitrogens with zero attached hydrogens (tertiary/aromatic N) is 2. The van der Waals surface area contributed by atoms with Crippen LogP contribution < -0.4 is 0 Å². The fraction of sp³-hybridized carbons (Fsp3) is 0.818. The molecule has 7 heteroatoms. The summed E-state index contributed by atoms with van der Waals surface area (Å²) in [4.78, 5) is 11.5. The van der Waals surface area contributed by atoms with Gasteiger partial charge < -0.3 is 5.11 Å². The lowest BCUT2D eigenvalue weighted by Gasteiger charge is -2.32. The maximum absolute atomic E-state index is 12.9. The Morgan fingerprint density at radius 2 is 2.11 bits per heavy atom. The molecule has 0 saturated heterocycles. The quantitative estimate of drug-likeness (QED) is 0.849. The van der Waals surface area contributed by atoms with Gasteiger partial charge in [-0.2, -0.15) is 23.3 Å². The predicted molar refractivity (Wildman–Crippen MR) is 59.7 cm³/mol. The molecule has 0 unspecified atom stereocenters. The summed E-state index contributed by atoms with van der Waals surface area (Å²) in [5.74, 6) is -0.832. The average Bonchev–Trinajstić information content (AvgIpc) is 2.63. The zero-order valence-corrected chi connectivity index (χ0v) is 10.4. The Bertz CT molecular complexity index is 355. The summed E-state index contributed by atoms with van der Waals surface area (Å²) < 4.78 is 38.6. The highest BCUT2D eigenvalue weighted by Crippen LogP contribution is 2.41. The van der Waals surface area contributed by atoms with E-state index in [1.165, 1.54) is 6.92 Å². The highest BCUT2D eigenvalue weighted by atomic mass is 19.4. The van der Waals surface area contributed by atoms with E-state index in [4.69, 9.17) is 0 Å². The molecule has 1 aliphatic rings. The van der Waals surface area contributed by atoms with E-state index in [0.717, 1.165) is 6.42 Å². The molecular weight excluding hydrogens is 249 g/mol. The van der Waals surface area contributed by atoms with E-state index in [2.05, 4.69) is 5.10 Å². The van der Waals surface area contributed by atoms with Crippen LogP contribution in [0.25, 0.3) is 0 Å². The molecule has 1 aliphatic heterocycles. The van der Waals surface area contributed by atoms with E-state index < -0.39 is 24.2 Å². The molecule has 1 amide bonds. The highest BCUT2D eigenvalue weighted by molar-refractivity contribution is 5.90. The molecule has 0 aromatic carbocycles. The molecule has 0 spiro atoms. The van der Waals surface area contributed by atoms with Gasteiger partial charge in [0.1, 0.15) is 0 Å². The largest absolute Gasteiger partial charge is 0.438 e. The van der Waals surface area contributed by atoms with Gasteiger partial charge in [0.25, 0.3) is 5.72 Å². The minimum atomic E-state index is -4.91. The van der Waals surface area contributed by atoms with Crippen LogP contribution in [0.1, 0.15) is 46.0 Å². The molecule has 104 valence electrons. The third-order valence-corrected chi connectivity index (χ3v) is 2.85. The number of hydrazone groups is 1. The smallest absolute Gasteiger partial charge is 0.362 e. The zero-order valence-electron chi connectivity index (χ0n) is 10.4. The van der Waals surface area contributed by atoms with Crippen LogP contribution in [-0.2, 0) is 4.79 Å². The summed E-state index contributed by atoms with van der Waals surface area (Å²) in [6, 6.07) is 0. The van der Waals surface area contributed by atoms with Gasteiger partial charge in [-0.05, 0) is 12.8 Å². The Morgan fingerprint density at radius 3 is 2.56 bits per heavy atom. The van der Waals surface area contributed by atoms with E-state index in [1.54, 1.807) is 0 Å². The van der Waals surface area contributed by atoms with Gasteiger partial charge in [0.05, 0.1) is 0 Å². The molecule has 18 heavy (non-hydrogen) atoms. The fourth-order valence-corrected chi connectivity index (χ4v) is 1.77. The van der Waals surface area contributed by atoms with Crippen molar-refractivity contribution >= 4 is 11.6 Å². The predicted octanol–water partition coefficient (Wildman–Crippen LogP) is 2.43. The topological polar surface area (TPSA) is 52.9 Å². The molecule has 1 rings (SSSR count). The number of carbonyl (C=O) groups is 1. The van der Waals surface area contributed by atoms with Crippen molar-refractivity contribution < 1.29 is 23.1 Å². The minimum Gasteiger partial charge on any atom is -0.362 e. The Labute approximate surface area is 103 Å². The van der Waals surface area contributed by atoms with Crippen molar-refractivity contribution in [3.05, 3.63) is 0 Å². The fourth-order valence-electron chi connectivity index (χ4n) is 1.77. The van der Waals surface area contributed by atoms with Crippen LogP contribution in [0.15, 0.2) is 5.10 Å². The summed E-state index contributed by atoms with van der Waals surface area (Å²) >= 11 is 0. The number of halogens is 3. The molecule has 0 aromatic rings. The molecule has 0 bridgehead atoms. The summed E-state index contributed by atoms with van der Waals surface area (Å²) in [6.45, 7) is 3.33. The van der Waals surface area contributed by atoms with Gasteiger partial charge in [0.2, 0.25) is 5.91 Å². The number of alkyl halides is 3. The van der Waals surface area contributed by atoms with Gasteiger partial charge >= 0.3 is 6.18 Å². The first-order valence-electron chi connectivity index (χ1n) is 5.94. The third-order valence-electron chi connectivity index (χ3n) is 2.85. The number of aliphatic hydroxyl groups is 1. The molecule has 1 heterocycles. The van der Waals surface area contributed by atoms with Gasteiger partial charge in [-0.1, -0.05) is 20.3 Å². The van der Waals surface area contributed by atoms with E-state index in [0.29, 0.717) is 12.8 Å². The minimum absolute atomic E-state index is 0.136.